The Labute approximate surface area is 217 Å². The van der Waals surface area contributed by atoms with Crippen molar-refractivity contribution in [3.8, 4) is 5.75 Å². The number of benzene rings is 3. The van der Waals surface area contributed by atoms with Gasteiger partial charge in [-0.05, 0) is 62.6 Å². The predicted octanol–water partition coefficient (Wildman–Crippen LogP) is 4.69. The van der Waals surface area contributed by atoms with Gasteiger partial charge >= 0.3 is 0 Å². The average molecular weight is 500 g/mol. The zero-order valence-electron chi connectivity index (χ0n) is 21.9. The second-order valence-corrected chi connectivity index (χ2v) is 9.91. The monoisotopic (exact) mass is 499 g/mol. The van der Waals surface area contributed by atoms with Crippen LogP contribution in [0.2, 0.25) is 0 Å². The Bertz CT molecular complexity index is 1390. The van der Waals surface area contributed by atoms with Crippen LogP contribution < -0.4 is 15.0 Å². The first kappa shape index (κ1) is 25.9. The summed E-state index contributed by atoms with van der Waals surface area (Å²) in [7, 11) is 1.55. The summed E-state index contributed by atoms with van der Waals surface area (Å²) in [5.41, 5.74) is 3.25. The summed E-state index contributed by atoms with van der Waals surface area (Å²) in [5.74, 6) is -0.133. The molecule has 1 atom stereocenters. The molecule has 192 valence electrons. The highest BCUT2D eigenvalue weighted by atomic mass is 16.5. The van der Waals surface area contributed by atoms with Gasteiger partial charge in [0.1, 0.15) is 23.9 Å². The van der Waals surface area contributed by atoms with E-state index in [4.69, 9.17) is 4.74 Å². The molecule has 4 aromatic rings. The molecule has 1 aromatic heterocycles. The Kier molecular flexibility index (Phi) is 7.57. The molecule has 2 amide bonds. The molecule has 0 bridgehead atoms. The van der Waals surface area contributed by atoms with Crippen molar-refractivity contribution in [1.29, 1.82) is 0 Å². The fraction of sp³-hybridized carbons (Fsp3) is 0.310. The molecule has 3 aromatic carbocycles. The summed E-state index contributed by atoms with van der Waals surface area (Å²) in [6, 6.07) is 21.5. The minimum Gasteiger partial charge on any atom is -0.495 e. The highest BCUT2D eigenvalue weighted by Crippen LogP contribution is 2.35. The molecule has 4 rings (SSSR count). The fourth-order valence-corrected chi connectivity index (χ4v) is 4.28. The molecule has 0 aliphatic heterocycles. The topological polar surface area (TPSA) is 89.4 Å². The summed E-state index contributed by atoms with van der Waals surface area (Å²) in [4.78, 5) is 29.5. The van der Waals surface area contributed by atoms with Gasteiger partial charge < -0.3 is 10.1 Å². The summed E-state index contributed by atoms with van der Waals surface area (Å²) in [6.07, 6.45) is 0.869. The minimum absolute atomic E-state index is 0.106. The molecule has 0 radical (unpaired) electrons. The van der Waals surface area contributed by atoms with Crippen molar-refractivity contribution in [3.63, 3.8) is 0 Å². The fourth-order valence-electron chi connectivity index (χ4n) is 4.28. The lowest BCUT2D eigenvalue weighted by Gasteiger charge is -2.34. The van der Waals surface area contributed by atoms with Gasteiger partial charge in [-0.2, -0.15) is 0 Å². The van der Waals surface area contributed by atoms with Crippen LogP contribution in [0.25, 0.3) is 11.0 Å². The van der Waals surface area contributed by atoms with Crippen LogP contribution >= 0.6 is 0 Å². The molecule has 0 saturated carbocycles. The van der Waals surface area contributed by atoms with Gasteiger partial charge in [0.2, 0.25) is 11.8 Å². The number of fused-ring (bicyclic) bond motifs is 1. The van der Waals surface area contributed by atoms with E-state index in [9.17, 15) is 9.59 Å². The van der Waals surface area contributed by atoms with Gasteiger partial charge in [-0.1, -0.05) is 60.7 Å². The zero-order valence-corrected chi connectivity index (χ0v) is 21.9. The Morgan fingerprint density at radius 1 is 1.00 bits per heavy atom. The highest BCUT2D eigenvalue weighted by molar-refractivity contribution is 6.02. The lowest BCUT2D eigenvalue weighted by Crippen LogP contribution is -2.50. The van der Waals surface area contributed by atoms with Crippen LogP contribution in [0.4, 0.5) is 5.69 Å². The van der Waals surface area contributed by atoms with Gasteiger partial charge in [-0.3, -0.25) is 14.5 Å². The molecule has 0 fully saturated rings. The Morgan fingerprint density at radius 2 is 1.68 bits per heavy atom. The molecule has 0 unspecified atom stereocenters. The number of rotatable bonds is 8. The number of hydrogen-bond acceptors (Lipinski definition) is 5. The maximum absolute atomic E-state index is 14.1. The Balaban J connectivity index is 1.85. The van der Waals surface area contributed by atoms with Crippen LogP contribution in [0.15, 0.2) is 72.8 Å². The number of carbonyl (C=O) groups excluding carboxylic acids is 2. The van der Waals surface area contributed by atoms with Crippen LogP contribution in [0.5, 0.6) is 5.75 Å². The van der Waals surface area contributed by atoms with Crippen molar-refractivity contribution in [2.75, 3.05) is 12.0 Å². The number of hydrogen-bond donors (Lipinski definition) is 1. The van der Waals surface area contributed by atoms with Crippen LogP contribution in [0.1, 0.15) is 44.9 Å². The van der Waals surface area contributed by atoms with Crippen molar-refractivity contribution in [1.82, 2.24) is 20.3 Å². The van der Waals surface area contributed by atoms with Crippen LogP contribution in [0, 0.1) is 0 Å². The summed E-state index contributed by atoms with van der Waals surface area (Å²) in [5, 5.41) is 11.5. The van der Waals surface area contributed by atoms with Gasteiger partial charge in [0, 0.05) is 5.54 Å². The van der Waals surface area contributed by atoms with E-state index in [2.05, 4.69) is 22.6 Å². The largest absolute Gasteiger partial charge is 0.495 e. The number of amides is 2. The van der Waals surface area contributed by atoms with Crippen molar-refractivity contribution in [2.45, 2.75) is 52.2 Å². The van der Waals surface area contributed by atoms with Gasteiger partial charge in [0.15, 0.2) is 0 Å². The molecule has 37 heavy (non-hydrogen) atoms. The van der Waals surface area contributed by atoms with Crippen molar-refractivity contribution >= 4 is 28.5 Å². The lowest BCUT2D eigenvalue weighted by molar-refractivity contribution is -0.128. The van der Waals surface area contributed by atoms with E-state index in [1.807, 2.05) is 81.4 Å². The smallest absolute Gasteiger partial charge is 0.249 e. The van der Waals surface area contributed by atoms with Gasteiger partial charge in [0.25, 0.3) is 0 Å². The molecule has 0 aliphatic rings. The zero-order chi connectivity index (χ0) is 26.6. The molecule has 8 nitrogen and oxygen atoms in total. The first-order valence-corrected chi connectivity index (χ1v) is 12.4. The minimum atomic E-state index is -0.941. The third-order valence-electron chi connectivity index (χ3n) is 6.03. The number of anilines is 1. The predicted molar refractivity (Wildman–Crippen MR) is 144 cm³/mol. The van der Waals surface area contributed by atoms with E-state index >= 15 is 0 Å². The first-order valence-electron chi connectivity index (χ1n) is 12.4. The van der Waals surface area contributed by atoms with Gasteiger partial charge in [-0.15, -0.1) is 5.10 Å². The van der Waals surface area contributed by atoms with E-state index in [1.54, 1.807) is 23.9 Å². The lowest BCUT2D eigenvalue weighted by atomic mass is 9.99. The molecular weight excluding hydrogens is 466 g/mol. The molecule has 1 heterocycles. The van der Waals surface area contributed by atoms with Crippen molar-refractivity contribution in [3.05, 3.63) is 83.9 Å². The Morgan fingerprint density at radius 3 is 2.35 bits per heavy atom. The molecule has 8 heteroatoms. The Hall–Kier alpha value is -4.20. The highest BCUT2D eigenvalue weighted by Gasteiger charge is 2.36. The number of ether oxygens (including phenoxy) is 1. The standard InChI is InChI=1S/C29H33N5O3/c1-6-20-15-17-21(18-16-20)27(28(36)30-29(2,3)4)34(24-13-9-10-14-25(24)37-5)26(35)19-33-23-12-8-7-11-22(23)31-32-33/h7-18,27H,6,19H2,1-5H3,(H,30,36)/t27-/m0/s1. The second kappa shape index (κ2) is 10.8. The van der Waals surface area contributed by atoms with Crippen LogP contribution in [-0.4, -0.2) is 39.5 Å². The summed E-state index contributed by atoms with van der Waals surface area (Å²) >= 11 is 0. The van der Waals surface area contributed by atoms with Crippen LogP contribution in [-0.2, 0) is 22.6 Å². The van der Waals surface area contributed by atoms with E-state index < -0.39 is 11.6 Å². The number of para-hydroxylation sites is 3. The number of carbonyl (C=O) groups is 2. The first-order chi connectivity index (χ1) is 17.7. The third kappa shape index (κ3) is 5.80. The van der Waals surface area contributed by atoms with E-state index in [0.29, 0.717) is 22.5 Å². The maximum Gasteiger partial charge on any atom is 0.249 e. The number of nitrogens with zero attached hydrogens (tertiary/aromatic N) is 4. The number of aromatic nitrogens is 3. The molecule has 0 spiro atoms. The number of methoxy groups -OCH3 is 1. The van der Waals surface area contributed by atoms with Gasteiger partial charge in [0.05, 0.1) is 18.3 Å². The molecule has 0 saturated heterocycles. The normalized spacial score (nSPS) is 12.2. The number of aryl methyl sites for hydroxylation is 1. The van der Waals surface area contributed by atoms with Crippen molar-refractivity contribution < 1.29 is 14.3 Å². The second-order valence-electron chi connectivity index (χ2n) is 9.91. The van der Waals surface area contributed by atoms with Crippen molar-refractivity contribution in [2.24, 2.45) is 0 Å². The molecule has 1 N–H and O–H groups in total. The average Bonchev–Trinajstić information content (AvgIpc) is 3.29. The van der Waals surface area contributed by atoms with E-state index in [0.717, 1.165) is 17.5 Å². The summed E-state index contributed by atoms with van der Waals surface area (Å²) in [6.45, 7) is 7.72. The number of nitrogens with one attached hydrogen (secondary N) is 1. The molecule has 0 aliphatic carbocycles. The quantitative estimate of drug-likeness (QED) is 0.380. The summed E-state index contributed by atoms with van der Waals surface area (Å²) < 4.78 is 7.18. The van der Waals surface area contributed by atoms with E-state index in [1.165, 1.54) is 4.90 Å². The molecular formula is C29H33N5O3. The van der Waals surface area contributed by atoms with E-state index in [-0.39, 0.29) is 18.4 Å². The SMILES string of the molecule is CCc1ccc([C@@H](C(=O)NC(C)(C)C)N(C(=O)Cn2nnc3ccccc32)c2ccccc2OC)cc1. The third-order valence-corrected chi connectivity index (χ3v) is 6.03. The van der Waals surface area contributed by atoms with Crippen LogP contribution in [0.3, 0.4) is 0 Å². The maximum atomic E-state index is 14.1. The van der Waals surface area contributed by atoms with Gasteiger partial charge in [-0.25, -0.2) is 4.68 Å².